The first-order valence-corrected chi connectivity index (χ1v) is 10.9. The monoisotopic (exact) mass is 422 g/mol. The lowest BCUT2D eigenvalue weighted by atomic mass is 9.90. The van der Waals surface area contributed by atoms with Crippen LogP contribution in [0.5, 0.6) is 0 Å². The first kappa shape index (κ1) is 21.8. The number of carbonyl (C=O) groups excluding carboxylic acids is 1. The lowest BCUT2D eigenvalue weighted by Gasteiger charge is -2.28. The molecule has 3 rings (SSSR count). The maximum absolute atomic E-state index is 13.1. The molecule has 1 aromatic heterocycles. The van der Waals surface area contributed by atoms with Gasteiger partial charge in [0.25, 0.3) is 5.56 Å². The largest absolute Gasteiger partial charge is 0.337 e. The van der Waals surface area contributed by atoms with Crippen LogP contribution < -0.4 is 10.9 Å². The summed E-state index contributed by atoms with van der Waals surface area (Å²) in [7, 11) is 0. The predicted molar refractivity (Wildman–Crippen MR) is 122 cm³/mol. The number of hydrogen-bond acceptors (Lipinski definition) is 5. The second-order valence-electron chi connectivity index (χ2n) is 7.88. The molecule has 30 heavy (non-hydrogen) atoms. The Kier molecular flexibility index (Phi) is 6.18. The van der Waals surface area contributed by atoms with Crippen molar-refractivity contribution in [3.8, 4) is 6.07 Å². The number of thioether (sulfide) groups is 1. The molecule has 1 heterocycles. The fourth-order valence-corrected chi connectivity index (χ4v) is 4.10. The van der Waals surface area contributed by atoms with Crippen molar-refractivity contribution in [2.45, 2.75) is 57.1 Å². The van der Waals surface area contributed by atoms with Gasteiger partial charge in [0.1, 0.15) is 5.54 Å². The molecule has 0 saturated carbocycles. The average molecular weight is 423 g/mol. The van der Waals surface area contributed by atoms with E-state index in [2.05, 4.69) is 11.4 Å². The minimum atomic E-state index is -0.952. The molecule has 2 atom stereocenters. The summed E-state index contributed by atoms with van der Waals surface area (Å²) in [6, 6.07) is 13.8. The molecule has 0 unspecified atom stereocenters. The number of benzene rings is 2. The molecule has 1 amide bonds. The number of nitrogens with one attached hydrogen (secondary N) is 1. The van der Waals surface area contributed by atoms with Gasteiger partial charge in [-0.2, -0.15) is 5.26 Å². The topological polar surface area (TPSA) is 87.8 Å². The van der Waals surface area contributed by atoms with Gasteiger partial charge in [0.2, 0.25) is 5.91 Å². The molecular weight excluding hydrogens is 396 g/mol. The van der Waals surface area contributed by atoms with E-state index in [9.17, 15) is 14.9 Å². The fraction of sp³-hybridized carbons (Fsp3) is 0.391. The molecule has 0 aliphatic heterocycles. The normalized spacial score (nSPS) is 14.4. The van der Waals surface area contributed by atoms with Crippen LogP contribution in [0.15, 0.2) is 46.3 Å². The van der Waals surface area contributed by atoms with E-state index in [0.29, 0.717) is 22.6 Å². The van der Waals surface area contributed by atoms with E-state index in [-0.39, 0.29) is 17.4 Å². The van der Waals surface area contributed by atoms with Crippen molar-refractivity contribution in [1.29, 1.82) is 5.26 Å². The Bertz CT molecular complexity index is 1210. The van der Waals surface area contributed by atoms with E-state index in [1.54, 1.807) is 18.4 Å². The number of carbonyl (C=O) groups is 1. The number of fused-ring (bicyclic) bond motifs is 2. The second kappa shape index (κ2) is 8.49. The minimum Gasteiger partial charge on any atom is -0.337 e. The molecule has 0 fully saturated rings. The van der Waals surface area contributed by atoms with Gasteiger partial charge in [-0.1, -0.05) is 49.9 Å². The lowest BCUT2D eigenvalue weighted by Crippen LogP contribution is -2.51. The number of amides is 1. The molecule has 0 spiro atoms. The van der Waals surface area contributed by atoms with Gasteiger partial charge in [-0.3, -0.25) is 14.2 Å². The molecule has 2 aromatic carbocycles. The summed E-state index contributed by atoms with van der Waals surface area (Å²) in [4.78, 5) is 30.6. The van der Waals surface area contributed by atoms with Gasteiger partial charge in [-0.25, -0.2) is 4.98 Å². The van der Waals surface area contributed by atoms with E-state index in [1.165, 1.54) is 11.8 Å². The Balaban J connectivity index is 1.99. The maximum atomic E-state index is 13.1. The summed E-state index contributed by atoms with van der Waals surface area (Å²) in [5, 5.41) is 14.9. The van der Waals surface area contributed by atoms with Crippen LogP contribution in [-0.2, 0) is 11.3 Å². The van der Waals surface area contributed by atoms with Crippen molar-refractivity contribution in [1.82, 2.24) is 14.9 Å². The van der Waals surface area contributed by atoms with E-state index >= 15 is 0 Å². The average Bonchev–Trinajstić information content (AvgIpc) is 2.72. The van der Waals surface area contributed by atoms with E-state index in [0.717, 1.165) is 10.8 Å². The Labute approximate surface area is 180 Å². The first-order chi connectivity index (χ1) is 14.2. The molecule has 6 nitrogen and oxygen atoms in total. The van der Waals surface area contributed by atoms with Gasteiger partial charge in [-0.05, 0) is 49.6 Å². The summed E-state index contributed by atoms with van der Waals surface area (Å²) >= 11 is 1.23. The number of aromatic nitrogens is 2. The zero-order valence-corrected chi connectivity index (χ0v) is 18.7. The molecule has 0 radical (unpaired) electrons. The number of nitriles is 1. The van der Waals surface area contributed by atoms with Crippen LogP contribution in [0.1, 0.15) is 34.6 Å². The van der Waals surface area contributed by atoms with Crippen LogP contribution >= 0.6 is 11.8 Å². The maximum Gasteiger partial charge on any atom is 0.262 e. The van der Waals surface area contributed by atoms with Crippen molar-refractivity contribution in [3.05, 3.63) is 46.8 Å². The smallest absolute Gasteiger partial charge is 0.262 e. The van der Waals surface area contributed by atoms with E-state index in [4.69, 9.17) is 4.98 Å². The zero-order valence-electron chi connectivity index (χ0n) is 17.9. The Morgan fingerprint density at radius 3 is 2.47 bits per heavy atom. The molecule has 7 heteroatoms. The van der Waals surface area contributed by atoms with Crippen LogP contribution in [0.3, 0.4) is 0 Å². The molecular formula is C23H26N4O2S. The van der Waals surface area contributed by atoms with E-state index in [1.807, 2.05) is 57.2 Å². The quantitative estimate of drug-likeness (QED) is 0.367. The van der Waals surface area contributed by atoms with Crippen molar-refractivity contribution in [2.24, 2.45) is 5.92 Å². The Hall–Kier alpha value is -2.85. The number of hydrogen-bond donors (Lipinski definition) is 1. The van der Waals surface area contributed by atoms with Gasteiger partial charge in [0.15, 0.2) is 5.16 Å². The summed E-state index contributed by atoms with van der Waals surface area (Å²) in [5.41, 5.74) is -0.457. The predicted octanol–water partition coefficient (Wildman–Crippen LogP) is 4.10. The van der Waals surface area contributed by atoms with Crippen LogP contribution in [0.2, 0.25) is 0 Å². The van der Waals surface area contributed by atoms with Gasteiger partial charge >= 0.3 is 0 Å². The highest BCUT2D eigenvalue weighted by Crippen LogP contribution is 2.26. The SMILES string of the molecule is CCn1c(S[C@@H](C)C(=O)N[C@@](C)(C#N)C(C)C)nc2cc3ccccc3cc2c1=O. The van der Waals surface area contributed by atoms with Gasteiger partial charge < -0.3 is 5.32 Å². The third-order valence-corrected chi connectivity index (χ3v) is 6.61. The third-order valence-electron chi connectivity index (χ3n) is 5.52. The molecule has 0 saturated heterocycles. The Morgan fingerprint density at radius 2 is 1.90 bits per heavy atom. The van der Waals surface area contributed by atoms with E-state index < -0.39 is 10.8 Å². The molecule has 3 aromatic rings. The van der Waals surface area contributed by atoms with Crippen molar-refractivity contribution < 1.29 is 4.79 Å². The molecule has 156 valence electrons. The molecule has 1 N–H and O–H groups in total. The molecule has 0 bridgehead atoms. The summed E-state index contributed by atoms with van der Waals surface area (Å²) < 4.78 is 1.59. The van der Waals surface area contributed by atoms with Crippen molar-refractivity contribution in [2.75, 3.05) is 0 Å². The lowest BCUT2D eigenvalue weighted by molar-refractivity contribution is -0.121. The third kappa shape index (κ3) is 4.05. The summed E-state index contributed by atoms with van der Waals surface area (Å²) in [6.45, 7) is 9.60. The van der Waals surface area contributed by atoms with Gasteiger partial charge in [0.05, 0.1) is 22.2 Å². The van der Waals surface area contributed by atoms with Gasteiger partial charge in [0, 0.05) is 6.54 Å². The highest BCUT2D eigenvalue weighted by molar-refractivity contribution is 8.00. The highest BCUT2D eigenvalue weighted by atomic mass is 32.2. The Morgan fingerprint density at radius 1 is 1.27 bits per heavy atom. The van der Waals surface area contributed by atoms with Crippen LogP contribution in [-0.4, -0.2) is 26.2 Å². The summed E-state index contributed by atoms with van der Waals surface area (Å²) in [5.74, 6) is -0.294. The minimum absolute atomic E-state index is 0.0375. The second-order valence-corrected chi connectivity index (χ2v) is 9.19. The van der Waals surface area contributed by atoms with Crippen molar-refractivity contribution in [3.63, 3.8) is 0 Å². The van der Waals surface area contributed by atoms with Crippen LogP contribution in [0.4, 0.5) is 0 Å². The fourth-order valence-electron chi connectivity index (χ4n) is 3.13. The zero-order chi connectivity index (χ0) is 22.1. The van der Waals surface area contributed by atoms with Crippen LogP contribution in [0, 0.1) is 17.2 Å². The van der Waals surface area contributed by atoms with Gasteiger partial charge in [-0.15, -0.1) is 0 Å². The highest BCUT2D eigenvalue weighted by Gasteiger charge is 2.32. The summed E-state index contributed by atoms with van der Waals surface area (Å²) in [6.07, 6.45) is 0. The number of rotatable bonds is 6. The molecule has 0 aliphatic carbocycles. The standard InChI is InChI=1S/C23H26N4O2S/c1-6-27-21(29)18-11-16-9-7-8-10-17(16)12-19(18)25-22(27)30-15(4)20(28)26-23(5,13-24)14(2)3/h7-12,14-15H,6H2,1-5H3,(H,26,28)/t15-,23-/m0/s1. The number of nitrogens with zero attached hydrogens (tertiary/aromatic N) is 3. The first-order valence-electron chi connectivity index (χ1n) is 10.0. The van der Waals surface area contributed by atoms with Crippen LogP contribution in [0.25, 0.3) is 21.7 Å². The molecule has 0 aliphatic rings. The van der Waals surface area contributed by atoms with Crippen molar-refractivity contribution >= 4 is 39.3 Å².